The Labute approximate surface area is 115 Å². The van der Waals surface area contributed by atoms with E-state index in [1.165, 1.54) is 6.07 Å². The normalized spacial score (nSPS) is 25.6. The maximum atomic E-state index is 12.8. The highest BCUT2D eigenvalue weighted by Crippen LogP contribution is 2.36. The number of nitrogens with two attached hydrogens (primary N) is 1. The van der Waals surface area contributed by atoms with Crippen LogP contribution in [-0.2, 0) is 16.0 Å². The summed E-state index contributed by atoms with van der Waals surface area (Å²) in [6.45, 7) is 1.68. The third-order valence-electron chi connectivity index (χ3n) is 3.31. The third kappa shape index (κ3) is 3.17. The summed E-state index contributed by atoms with van der Waals surface area (Å²) in [5, 5.41) is 2.88. The Hall–Kier alpha value is -1.44. The molecule has 3 N–H and O–H groups in total. The molecule has 1 aliphatic heterocycles. The van der Waals surface area contributed by atoms with Crippen molar-refractivity contribution in [1.29, 1.82) is 0 Å². The van der Waals surface area contributed by atoms with Crippen molar-refractivity contribution in [2.45, 2.75) is 25.1 Å². The van der Waals surface area contributed by atoms with Crippen LogP contribution in [0.4, 0.5) is 24.5 Å². The Morgan fingerprint density at radius 1 is 1.35 bits per heavy atom. The van der Waals surface area contributed by atoms with Gasteiger partial charge in [-0.15, -0.1) is 0 Å². The van der Waals surface area contributed by atoms with Crippen LogP contribution in [0.25, 0.3) is 0 Å². The van der Waals surface area contributed by atoms with E-state index in [4.69, 9.17) is 5.73 Å². The van der Waals surface area contributed by atoms with Gasteiger partial charge >= 0.3 is 6.18 Å². The van der Waals surface area contributed by atoms with Gasteiger partial charge in [-0.1, -0.05) is 0 Å². The molecule has 0 spiro atoms. The van der Waals surface area contributed by atoms with Gasteiger partial charge < -0.3 is 11.1 Å². The van der Waals surface area contributed by atoms with E-state index in [1.807, 2.05) is 0 Å². The lowest BCUT2D eigenvalue weighted by atomic mass is 10.0. The minimum absolute atomic E-state index is 0.0393. The molecule has 0 aliphatic carbocycles. The monoisotopic (exact) mass is 308 g/mol. The standard InChI is InChI=1S/C12H15F3N2O2S/c1-11(4-5-20(18,19)7-11)17-8-2-3-10(16)9(6-8)12(13,14)15/h2-3,6,17H,4-5,7,16H2,1H3. The number of nitrogens with one attached hydrogen (secondary N) is 1. The Morgan fingerprint density at radius 3 is 2.50 bits per heavy atom. The van der Waals surface area contributed by atoms with Crippen molar-refractivity contribution >= 4 is 21.2 Å². The van der Waals surface area contributed by atoms with Crippen LogP contribution < -0.4 is 11.1 Å². The average molecular weight is 308 g/mol. The van der Waals surface area contributed by atoms with Gasteiger partial charge in [-0.3, -0.25) is 0 Å². The summed E-state index contributed by atoms with van der Waals surface area (Å²) in [6, 6.07) is 3.49. The number of benzene rings is 1. The molecule has 0 radical (unpaired) electrons. The molecule has 0 bridgehead atoms. The van der Waals surface area contributed by atoms with E-state index in [9.17, 15) is 21.6 Å². The maximum Gasteiger partial charge on any atom is 0.418 e. The van der Waals surface area contributed by atoms with Crippen molar-refractivity contribution in [3.63, 3.8) is 0 Å². The molecule has 1 fully saturated rings. The van der Waals surface area contributed by atoms with Crippen LogP contribution in [0.1, 0.15) is 18.9 Å². The van der Waals surface area contributed by atoms with Crippen LogP contribution in [0.2, 0.25) is 0 Å². The van der Waals surface area contributed by atoms with Crippen molar-refractivity contribution < 1.29 is 21.6 Å². The summed E-state index contributed by atoms with van der Waals surface area (Å²) in [5.74, 6) is -0.0523. The van der Waals surface area contributed by atoms with E-state index in [1.54, 1.807) is 6.92 Å². The predicted octanol–water partition coefficient (Wildman–Crippen LogP) is 2.28. The number of alkyl halides is 3. The number of nitrogen functional groups attached to an aromatic ring is 1. The Bertz CT molecular complexity index is 628. The Balaban J connectivity index is 2.27. The zero-order valence-electron chi connectivity index (χ0n) is 10.8. The Kier molecular flexibility index (Phi) is 3.40. The number of sulfone groups is 1. The first kappa shape index (κ1) is 15.0. The van der Waals surface area contributed by atoms with Gasteiger partial charge in [0.15, 0.2) is 9.84 Å². The van der Waals surface area contributed by atoms with Crippen molar-refractivity contribution in [2.75, 3.05) is 22.6 Å². The number of hydrogen-bond acceptors (Lipinski definition) is 4. The lowest BCUT2D eigenvalue weighted by molar-refractivity contribution is -0.136. The number of halogens is 3. The van der Waals surface area contributed by atoms with E-state index >= 15 is 0 Å². The molecule has 1 unspecified atom stereocenters. The summed E-state index contributed by atoms with van der Waals surface area (Å²) in [6.07, 6.45) is -4.18. The molecule has 112 valence electrons. The van der Waals surface area contributed by atoms with Gasteiger partial charge in [0, 0.05) is 16.9 Å². The highest BCUT2D eigenvalue weighted by atomic mass is 32.2. The molecule has 1 atom stereocenters. The molecule has 1 aromatic rings. The smallest absolute Gasteiger partial charge is 0.398 e. The number of hydrogen-bond donors (Lipinski definition) is 2. The van der Waals surface area contributed by atoms with E-state index in [0.29, 0.717) is 6.42 Å². The molecule has 8 heteroatoms. The fourth-order valence-electron chi connectivity index (χ4n) is 2.34. The van der Waals surface area contributed by atoms with Gasteiger partial charge in [0.05, 0.1) is 17.1 Å². The molecule has 0 amide bonds. The minimum atomic E-state index is -4.54. The van der Waals surface area contributed by atoms with Crippen LogP contribution in [-0.4, -0.2) is 25.5 Å². The van der Waals surface area contributed by atoms with Crippen molar-refractivity contribution in [1.82, 2.24) is 0 Å². The van der Waals surface area contributed by atoms with Gasteiger partial charge in [-0.25, -0.2) is 8.42 Å². The van der Waals surface area contributed by atoms with Crippen molar-refractivity contribution in [3.8, 4) is 0 Å². The zero-order chi connectivity index (χ0) is 15.2. The lowest BCUT2D eigenvalue weighted by Crippen LogP contribution is -2.35. The molecule has 1 aromatic carbocycles. The highest BCUT2D eigenvalue weighted by Gasteiger charge is 2.39. The SMILES string of the molecule is CC1(Nc2ccc(N)c(C(F)(F)F)c2)CCS(=O)(=O)C1. The zero-order valence-corrected chi connectivity index (χ0v) is 11.6. The fraction of sp³-hybridized carbons (Fsp3) is 0.500. The largest absolute Gasteiger partial charge is 0.418 e. The second kappa shape index (κ2) is 4.54. The first-order valence-electron chi connectivity index (χ1n) is 5.96. The minimum Gasteiger partial charge on any atom is -0.398 e. The third-order valence-corrected chi connectivity index (χ3v) is 5.21. The molecule has 4 nitrogen and oxygen atoms in total. The molecule has 0 saturated carbocycles. The van der Waals surface area contributed by atoms with Crippen LogP contribution in [0.15, 0.2) is 18.2 Å². The molecule has 1 heterocycles. The molecule has 1 saturated heterocycles. The van der Waals surface area contributed by atoms with E-state index < -0.39 is 27.1 Å². The summed E-state index contributed by atoms with van der Waals surface area (Å²) in [7, 11) is -3.13. The molecular formula is C12H15F3N2O2S. The van der Waals surface area contributed by atoms with Crippen molar-refractivity contribution in [2.24, 2.45) is 0 Å². The van der Waals surface area contributed by atoms with Crippen LogP contribution in [0.3, 0.4) is 0 Å². The summed E-state index contributed by atoms with van der Waals surface area (Å²) < 4.78 is 61.2. The molecule has 1 aliphatic rings. The second-order valence-corrected chi connectivity index (χ2v) is 7.51. The molecular weight excluding hydrogens is 293 g/mol. The second-order valence-electron chi connectivity index (χ2n) is 5.33. The predicted molar refractivity (Wildman–Crippen MR) is 71.2 cm³/mol. The molecule has 20 heavy (non-hydrogen) atoms. The van der Waals surface area contributed by atoms with Gasteiger partial charge in [-0.2, -0.15) is 13.2 Å². The van der Waals surface area contributed by atoms with Crippen LogP contribution in [0.5, 0.6) is 0 Å². The lowest BCUT2D eigenvalue weighted by Gasteiger charge is -2.26. The summed E-state index contributed by atoms with van der Waals surface area (Å²) in [5.41, 5.74) is 3.50. The van der Waals surface area contributed by atoms with Crippen LogP contribution >= 0.6 is 0 Å². The average Bonchev–Trinajstić information content (AvgIpc) is 2.54. The molecule has 2 rings (SSSR count). The van der Waals surface area contributed by atoms with Gasteiger partial charge in [0.1, 0.15) is 0 Å². The topological polar surface area (TPSA) is 72.2 Å². The van der Waals surface area contributed by atoms with E-state index in [0.717, 1.165) is 12.1 Å². The summed E-state index contributed by atoms with van der Waals surface area (Å²) in [4.78, 5) is 0. The van der Waals surface area contributed by atoms with Gasteiger partial charge in [0.2, 0.25) is 0 Å². The number of rotatable bonds is 2. The first-order chi connectivity index (χ1) is 9.01. The van der Waals surface area contributed by atoms with Crippen molar-refractivity contribution in [3.05, 3.63) is 23.8 Å². The molecule has 0 aromatic heterocycles. The first-order valence-corrected chi connectivity index (χ1v) is 7.78. The highest BCUT2D eigenvalue weighted by molar-refractivity contribution is 7.91. The quantitative estimate of drug-likeness (QED) is 0.822. The van der Waals surface area contributed by atoms with E-state index in [-0.39, 0.29) is 22.9 Å². The number of anilines is 2. The Morgan fingerprint density at radius 2 is 2.00 bits per heavy atom. The van der Waals surface area contributed by atoms with Gasteiger partial charge in [-0.05, 0) is 31.5 Å². The van der Waals surface area contributed by atoms with Crippen LogP contribution in [0, 0.1) is 0 Å². The van der Waals surface area contributed by atoms with Gasteiger partial charge in [0.25, 0.3) is 0 Å². The summed E-state index contributed by atoms with van der Waals surface area (Å²) >= 11 is 0. The fourth-order valence-corrected chi connectivity index (χ4v) is 4.43. The van der Waals surface area contributed by atoms with E-state index in [2.05, 4.69) is 5.32 Å². The maximum absolute atomic E-state index is 12.8.